The summed E-state index contributed by atoms with van der Waals surface area (Å²) in [4.78, 5) is 22.3. The van der Waals surface area contributed by atoms with E-state index in [4.69, 9.17) is 0 Å². The molecule has 0 saturated heterocycles. The molecule has 1 aliphatic heterocycles. The van der Waals surface area contributed by atoms with E-state index in [0.29, 0.717) is 12.2 Å². The van der Waals surface area contributed by atoms with E-state index in [1.807, 2.05) is 24.4 Å². The highest BCUT2D eigenvalue weighted by Crippen LogP contribution is 2.38. The number of aromatic amines is 2. The Kier molecular flexibility index (Phi) is 3.00. The van der Waals surface area contributed by atoms with Gasteiger partial charge in [0.05, 0.1) is 23.9 Å². The second kappa shape index (κ2) is 5.53. The van der Waals surface area contributed by atoms with Gasteiger partial charge in [0.1, 0.15) is 5.69 Å². The Labute approximate surface area is 159 Å². The van der Waals surface area contributed by atoms with Crippen LogP contribution in [0.1, 0.15) is 16.1 Å². The zero-order chi connectivity index (χ0) is 18.7. The molecular weight excluding hydrogens is 350 g/mol. The van der Waals surface area contributed by atoms with E-state index in [1.165, 1.54) is 0 Å². The number of H-pyrrole nitrogens is 2. The lowest BCUT2D eigenvalue weighted by Gasteiger charge is -2.18. The molecule has 4 heterocycles. The minimum absolute atomic E-state index is 0.0740. The summed E-state index contributed by atoms with van der Waals surface area (Å²) >= 11 is 0. The average molecular weight is 365 g/mol. The molecule has 3 aromatic heterocycles. The van der Waals surface area contributed by atoms with Crippen LogP contribution in [0.25, 0.3) is 32.9 Å². The molecule has 6 rings (SSSR count). The maximum absolute atomic E-state index is 13.0. The second-order valence-corrected chi connectivity index (χ2v) is 6.97. The molecule has 0 unspecified atom stereocenters. The maximum atomic E-state index is 13.0. The fourth-order valence-corrected chi connectivity index (χ4v) is 4.07. The Morgan fingerprint density at radius 2 is 1.96 bits per heavy atom. The Balaban J connectivity index is 1.57. The fraction of sp³-hybridized carbons (Fsp3) is 0.0455. The molecule has 1 amide bonds. The molecule has 6 nitrogen and oxygen atoms in total. The van der Waals surface area contributed by atoms with Gasteiger partial charge < -0.3 is 9.88 Å². The zero-order valence-electron chi connectivity index (χ0n) is 14.8. The van der Waals surface area contributed by atoms with Gasteiger partial charge in [0.2, 0.25) is 0 Å². The topological polar surface area (TPSA) is 77.7 Å². The van der Waals surface area contributed by atoms with Crippen LogP contribution in [0.4, 0.5) is 5.69 Å². The Morgan fingerprint density at radius 3 is 2.89 bits per heavy atom. The third kappa shape index (κ3) is 2.05. The van der Waals surface area contributed by atoms with Crippen LogP contribution in [0, 0.1) is 0 Å². The van der Waals surface area contributed by atoms with Crippen molar-refractivity contribution in [3.05, 3.63) is 78.4 Å². The highest BCUT2D eigenvalue weighted by molar-refractivity contribution is 6.13. The summed E-state index contributed by atoms with van der Waals surface area (Å²) < 4.78 is 0. The lowest BCUT2D eigenvalue weighted by Crippen LogP contribution is -2.23. The number of benzene rings is 2. The molecule has 0 aliphatic carbocycles. The number of rotatable bonds is 2. The molecule has 0 fully saturated rings. The van der Waals surface area contributed by atoms with E-state index < -0.39 is 0 Å². The molecular formula is C22H15N5O. The number of hydrogen-bond acceptors (Lipinski definition) is 3. The second-order valence-electron chi connectivity index (χ2n) is 6.97. The molecule has 134 valence electrons. The first-order chi connectivity index (χ1) is 13.8. The van der Waals surface area contributed by atoms with Crippen LogP contribution in [-0.2, 0) is 6.54 Å². The van der Waals surface area contributed by atoms with E-state index >= 15 is 0 Å². The van der Waals surface area contributed by atoms with Gasteiger partial charge in [-0.25, -0.2) is 0 Å². The fourth-order valence-electron chi connectivity index (χ4n) is 4.07. The standard InChI is InChI=1S/C22H15N5O/c28-22-21-13(3-2-7-24-21)12-27(22)20-10-14(9-19-17(20)11-25-26-19)15-4-1-5-18-16(15)6-8-23-18/h1-11,23H,12H2,(H,25,26). The first-order valence-corrected chi connectivity index (χ1v) is 9.09. The van der Waals surface area contributed by atoms with Gasteiger partial charge in [0.25, 0.3) is 5.91 Å². The van der Waals surface area contributed by atoms with Crippen molar-refractivity contribution in [3.63, 3.8) is 0 Å². The summed E-state index contributed by atoms with van der Waals surface area (Å²) in [6, 6.07) is 16.2. The third-order valence-electron chi connectivity index (χ3n) is 5.40. The van der Waals surface area contributed by atoms with Crippen LogP contribution in [0.2, 0.25) is 0 Å². The van der Waals surface area contributed by atoms with Crippen molar-refractivity contribution >= 4 is 33.4 Å². The Hall–Kier alpha value is -3.93. The number of fused-ring (bicyclic) bond motifs is 3. The van der Waals surface area contributed by atoms with Crippen molar-refractivity contribution in [3.8, 4) is 11.1 Å². The van der Waals surface area contributed by atoms with Gasteiger partial charge in [-0.1, -0.05) is 18.2 Å². The average Bonchev–Trinajstić information content (AvgIpc) is 3.45. The Bertz CT molecular complexity index is 1380. The summed E-state index contributed by atoms with van der Waals surface area (Å²) in [7, 11) is 0. The van der Waals surface area contributed by atoms with Gasteiger partial charge in [-0.2, -0.15) is 5.10 Å². The lowest BCUT2D eigenvalue weighted by atomic mass is 9.99. The molecule has 6 heteroatoms. The Morgan fingerprint density at radius 1 is 1.00 bits per heavy atom. The summed E-state index contributed by atoms with van der Waals surface area (Å²) in [5.41, 5.74) is 6.44. The molecule has 0 atom stereocenters. The first-order valence-electron chi connectivity index (χ1n) is 9.09. The van der Waals surface area contributed by atoms with Crippen LogP contribution in [0.3, 0.4) is 0 Å². The molecule has 0 radical (unpaired) electrons. The van der Waals surface area contributed by atoms with Crippen LogP contribution < -0.4 is 4.90 Å². The van der Waals surface area contributed by atoms with Crippen molar-refractivity contribution in [1.82, 2.24) is 20.2 Å². The molecule has 2 N–H and O–H groups in total. The van der Waals surface area contributed by atoms with Crippen molar-refractivity contribution in [2.75, 3.05) is 4.90 Å². The van der Waals surface area contributed by atoms with Gasteiger partial charge >= 0.3 is 0 Å². The summed E-state index contributed by atoms with van der Waals surface area (Å²) in [6.07, 6.45) is 5.38. The number of carbonyl (C=O) groups is 1. The molecule has 0 spiro atoms. The number of nitrogens with zero attached hydrogens (tertiary/aromatic N) is 3. The maximum Gasteiger partial charge on any atom is 0.277 e. The minimum atomic E-state index is -0.0740. The first kappa shape index (κ1) is 15.2. The predicted molar refractivity (Wildman–Crippen MR) is 108 cm³/mol. The number of pyridine rings is 1. The normalized spacial score (nSPS) is 13.6. The number of carbonyl (C=O) groups excluding carboxylic acids is 1. The highest BCUT2D eigenvalue weighted by Gasteiger charge is 2.31. The molecule has 0 bridgehead atoms. The minimum Gasteiger partial charge on any atom is -0.361 e. The summed E-state index contributed by atoms with van der Waals surface area (Å²) in [6.45, 7) is 0.514. The van der Waals surface area contributed by atoms with Gasteiger partial charge in [-0.15, -0.1) is 0 Å². The van der Waals surface area contributed by atoms with Crippen LogP contribution in [0.5, 0.6) is 0 Å². The monoisotopic (exact) mass is 365 g/mol. The zero-order valence-corrected chi connectivity index (χ0v) is 14.8. The molecule has 1 aliphatic rings. The van der Waals surface area contributed by atoms with Crippen LogP contribution >= 0.6 is 0 Å². The number of hydrogen-bond donors (Lipinski definition) is 2. The predicted octanol–water partition coefficient (Wildman–Crippen LogP) is 4.27. The number of anilines is 1. The van der Waals surface area contributed by atoms with Crippen molar-refractivity contribution in [2.24, 2.45) is 0 Å². The number of amides is 1. The van der Waals surface area contributed by atoms with Crippen molar-refractivity contribution in [1.29, 1.82) is 0 Å². The summed E-state index contributed by atoms with van der Waals surface area (Å²) in [5.74, 6) is -0.0740. The van der Waals surface area contributed by atoms with E-state index in [-0.39, 0.29) is 5.91 Å². The van der Waals surface area contributed by atoms with Crippen molar-refractivity contribution < 1.29 is 4.79 Å². The van der Waals surface area contributed by atoms with Crippen molar-refractivity contribution in [2.45, 2.75) is 6.54 Å². The largest absolute Gasteiger partial charge is 0.361 e. The van der Waals surface area contributed by atoms with E-state index in [9.17, 15) is 4.79 Å². The number of aromatic nitrogens is 4. The lowest BCUT2D eigenvalue weighted by molar-refractivity contribution is 0.0992. The highest BCUT2D eigenvalue weighted by atomic mass is 16.2. The summed E-state index contributed by atoms with van der Waals surface area (Å²) in [5, 5.41) is 9.34. The van der Waals surface area contributed by atoms with E-state index in [2.05, 4.69) is 50.5 Å². The van der Waals surface area contributed by atoms with E-state index in [0.717, 1.165) is 44.2 Å². The van der Waals surface area contributed by atoms with Crippen LogP contribution in [0.15, 0.2) is 67.1 Å². The smallest absolute Gasteiger partial charge is 0.277 e. The van der Waals surface area contributed by atoms with E-state index in [1.54, 1.807) is 17.3 Å². The van der Waals surface area contributed by atoms with Gasteiger partial charge in [-0.05, 0) is 41.5 Å². The van der Waals surface area contributed by atoms with Gasteiger partial charge in [0, 0.05) is 34.2 Å². The molecule has 5 aromatic rings. The number of nitrogens with one attached hydrogen (secondary N) is 2. The SMILES string of the molecule is O=C1c2ncccc2CN1c1cc(-c2cccc3[nH]ccc23)cc2[nH]ncc12. The molecule has 0 saturated carbocycles. The van der Waals surface area contributed by atoms with Gasteiger partial charge in [-0.3, -0.25) is 14.9 Å². The quantitative estimate of drug-likeness (QED) is 0.490. The van der Waals surface area contributed by atoms with Crippen LogP contribution in [-0.4, -0.2) is 26.1 Å². The third-order valence-corrected chi connectivity index (χ3v) is 5.40. The molecule has 2 aromatic carbocycles. The molecule has 28 heavy (non-hydrogen) atoms. The van der Waals surface area contributed by atoms with Gasteiger partial charge in [0.15, 0.2) is 0 Å².